The van der Waals surface area contributed by atoms with Crippen LogP contribution in [-0.2, 0) is 4.74 Å². The molecule has 0 spiro atoms. The normalized spacial score (nSPS) is 15.2. The zero-order valence-corrected chi connectivity index (χ0v) is 15.7. The summed E-state index contributed by atoms with van der Waals surface area (Å²) in [7, 11) is 1.64. The minimum absolute atomic E-state index is 0.557. The van der Waals surface area contributed by atoms with Crippen LogP contribution < -0.4 is 9.64 Å². The SMILES string of the molecule is CCN(c1cc(-c2ccc(OC)nc2)cc(C)c1C)C1CCOCC1. The molecule has 0 unspecified atom stereocenters. The fourth-order valence-electron chi connectivity index (χ4n) is 3.60. The van der Waals surface area contributed by atoms with Crippen molar-refractivity contribution in [1.29, 1.82) is 0 Å². The van der Waals surface area contributed by atoms with E-state index in [9.17, 15) is 0 Å². The monoisotopic (exact) mass is 340 g/mol. The molecule has 1 aromatic heterocycles. The Labute approximate surface area is 150 Å². The van der Waals surface area contributed by atoms with E-state index < -0.39 is 0 Å². The Morgan fingerprint density at radius 3 is 2.52 bits per heavy atom. The number of hydrogen-bond donors (Lipinski definition) is 0. The highest BCUT2D eigenvalue weighted by atomic mass is 16.5. The van der Waals surface area contributed by atoms with Gasteiger partial charge in [-0.25, -0.2) is 4.98 Å². The van der Waals surface area contributed by atoms with Crippen molar-refractivity contribution in [3.8, 4) is 17.0 Å². The summed E-state index contributed by atoms with van der Waals surface area (Å²) in [6, 6.07) is 9.11. The van der Waals surface area contributed by atoms with E-state index in [0.717, 1.165) is 38.2 Å². The van der Waals surface area contributed by atoms with E-state index >= 15 is 0 Å². The van der Waals surface area contributed by atoms with Crippen LogP contribution in [0.5, 0.6) is 5.88 Å². The number of nitrogens with zero attached hydrogens (tertiary/aromatic N) is 2. The number of hydrogen-bond acceptors (Lipinski definition) is 4. The maximum Gasteiger partial charge on any atom is 0.212 e. The summed E-state index contributed by atoms with van der Waals surface area (Å²) in [4.78, 5) is 6.90. The Morgan fingerprint density at radius 2 is 1.92 bits per heavy atom. The van der Waals surface area contributed by atoms with Gasteiger partial charge in [-0.15, -0.1) is 0 Å². The average molecular weight is 340 g/mol. The molecule has 0 bridgehead atoms. The smallest absolute Gasteiger partial charge is 0.212 e. The van der Waals surface area contributed by atoms with E-state index in [-0.39, 0.29) is 0 Å². The fraction of sp³-hybridized carbons (Fsp3) is 0.476. The van der Waals surface area contributed by atoms with E-state index in [2.05, 4.69) is 48.9 Å². The number of pyridine rings is 1. The Morgan fingerprint density at radius 1 is 1.16 bits per heavy atom. The quantitative estimate of drug-likeness (QED) is 0.809. The van der Waals surface area contributed by atoms with Gasteiger partial charge in [0.2, 0.25) is 5.88 Å². The minimum Gasteiger partial charge on any atom is -0.481 e. The first kappa shape index (κ1) is 17.7. The van der Waals surface area contributed by atoms with Crippen LogP contribution in [0.25, 0.3) is 11.1 Å². The zero-order chi connectivity index (χ0) is 17.8. The van der Waals surface area contributed by atoms with Gasteiger partial charge in [-0.1, -0.05) is 6.07 Å². The highest BCUT2D eigenvalue weighted by molar-refractivity contribution is 5.72. The molecule has 3 rings (SSSR count). The van der Waals surface area contributed by atoms with Crippen molar-refractivity contribution in [3.05, 3.63) is 41.6 Å². The van der Waals surface area contributed by atoms with E-state index in [1.807, 2.05) is 12.3 Å². The molecule has 0 atom stereocenters. The van der Waals surface area contributed by atoms with Gasteiger partial charge in [0.1, 0.15) is 0 Å². The first-order chi connectivity index (χ1) is 12.1. The molecule has 4 nitrogen and oxygen atoms in total. The molecule has 2 aromatic rings. The average Bonchev–Trinajstić information content (AvgIpc) is 2.66. The largest absolute Gasteiger partial charge is 0.481 e. The van der Waals surface area contributed by atoms with E-state index in [4.69, 9.17) is 9.47 Å². The highest BCUT2D eigenvalue weighted by Gasteiger charge is 2.22. The number of rotatable bonds is 5. The lowest BCUT2D eigenvalue weighted by molar-refractivity contribution is 0.0846. The molecule has 134 valence electrons. The predicted octanol–water partition coefficient (Wildman–Crippen LogP) is 4.38. The molecule has 1 aliphatic rings. The van der Waals surface area contributed by atoms with Gasteiger partial charge in [0, 0.05) is 49.3 Å². The fourth-order valence-corrected chi connectivity index (χ4v) is 3.60. The van der Waals surface area contributed by atoms with Gasteiger partial charge >= 0.3 is 0 Å². The Balaban J connectivity index is 1.98. The second kappa shape index (κ2) is 7.87. The standard InChI is InChI=1S/C21H28N2O2/c1-5-23(19-8-10-25-11-9-19)20-13-18(12-15(2)16(20)3)17-6-7-21(24-4)22-14-17/h6-7,12-14,19H,5,8-11H2,1-4H3. The number of benzene rings is 1. The van der Waals surface area contributed by atoms with Crippen LogP contribution in [0.3, 0.4) is 0 Å². The first-order valence-corrected chi connectivity index (χ1v) is 9.10. The molecule has 2 heterocycles. The minimum atomic E-state index is 0.557. The Hall–Kier alpha value is -2.07. The van der Waals surface area contributed by atoms with Crippen LogP contribution in [0.1, 0.15) is 30.9 Å². The van der Waals surface area contributed by atoms with Gasteiger partial charge < -0.3 is 14.4 Å². The van der Waals surface area contributed by atoms with Crippen molar-refractivity contribution >= 4 is 5.69 Å². The summed E-state index contributed by atoms with van der Waals surface area (Å²) < 4.78 is 10.7. The van der Waals surface area contributed by atoms with Crippen molar-refractivity contribution in [2.24, 2.45) is 0 Å². The van der Waals surface area contributed by atoms with Crippen LogP contribution in [0.4, 0.5) is 5.69 Å². The number of aryl methyl sites for hydroxylation is 1. The molecular formula is C21H28N2O2. The van der Waals surface area contributed by atoms with Gasteiger partial charge in [-0.2, -0.15) is 0 Å². The van der Waals surface area contributed by atoms with Crippen LogP contribution in [0.2, 0.25) is 0 Å². The molecular weight excluding hydrogens is 312 g/mol. The topological polar surface area (TPSA) is 34.6 Å². The summed E-state index contributed by atoms with van der Waals surface area (Å²) in [5.41, 5.74) is 6.33. The van der Waals surface area contributed by atoms with Crippen molar-refractivity contribution in [3.63, 3.8) is 0 Å². The van der Waals surface area contributed by atoms with Crippen molar-refractivity contribution in [1.82, 2.24) is 4.98 Å². The Kier molecular flexibility index (Phi) is 5.59. The van der Waals surface area contributed by atoms with E-state index in [1.54, 1.807) is 7.11 Å². The number of aromatic nitrogens is 1. The number of ether oxygens (including phenoxy) is 2. The Bertz CT molecular complexity index is 707. The molecule has 0 saturated carbocycles. The molecule has 0 amide bonds. The van der Waals surface area contributed by atoms with Crippen LogP contribution in [0.15, 0.2) is 30.5 Å². The predicted molar refractivity (Wildman–Crippen MR) is 103 cm³/mol. The summed E-state index contributed by atoms with van der Waals surface area (Å²) in [5.74, 6) is 0.644. The van der Waals surface area contributed by atoms with Gasteiger partial charge in [0.05, 0.1) is 7.11 Å². The van der Waals surface area contributed by atoms with Crippen molar-refractivity contribution < 1.29 is 9.47 Å². The maximum absolute atomic E-state index is 5.55. The zero-order valence-electron chi connectivity index (χ0n) is 15.7. The molecule has 1 aliphatic heterocycles. The molecule has 4 heteroatoms. The van der Waals surface area contributed by atoms with Gasteiger partial charge in [-0.05, 0) is 62.4 Å². The van der Waals surface area contributed by atoms with Crippen molar-refractivity contribution in [2.45, 2.75) is 39.7 Å². The molecule has 1 aromatic carbocycles. The van der Waals surface area contributed by atoms with Crippen LogP contribution in [0, 0.1) is 13.8 Å². The van der Waals surface area contributed by atoms with Crippen LogP contribution >= 0.6 is 0 Å². The second-order valence-corrected chi connectivity index (χ2v) is 6.66. The third-order valence-corrected chi connectivity index (χ3v) is 5.20. The molecule has 1 fully saturated rings. The summed E-state index contributed by atoms with van der Waals surface area (Å²) in [6.07, 6.45) is 4.08. The lowest BCUT2D eigenvalue weighted by Gasteiger charge is -2.37. The molecule has 1 saturated heterocycles. The first-order valence-electron chi connectivity index (χ1n) is 9.10. The lowest BCUT2D eigenvalue weighted by atomic mass is 9.97. The molecule has 0 N–H and O–H groups in total. The third kappa shape index (κ3) is 3.79. The lowest BCUT2D eigenvalue weighted by Crippen LogP contribution is -2.39. The van der Waals surface area contributed by atoms with E-state index in [1.165, 1.54) is 22.4 Å². The highest BCUT2D eigenvalue weighted by Crippen LogP contribution is 2.33. The van der Waals surface area contributed by atoms with Crippen LogP contribution in [-0.4, -0.2) is 37.9 Å². The molecule has 0 radical (unpaired) electrons. The van der Waals surface area contributed by atoms with E-state index in [0.29, 0.717) is 11.9 Å². The summed E-state index contributed by atoms with van der Waals surface area (Å²) in [5, 5.41) is 0. The molecule has 25 heavy (non-hydrogen) atoms. The van der Waals surface area contributed by atoms with Gasteiger partial charge in [-0.3, -0.25) is 0 Å². The number of anilines is 1. The maximum atomic E-state index is 5.55. The van der Waals surface area contributed by atoms with Crippen molar-refractivity contribution in [2.75, 3.05) is 31.8 Å². The van der Waals surface area contributed by atoms with Gasteiger partial charge in [0.15, 0.2) is 0 Å². The summed E-state index contributed by atoms with van der Waals surface area (Å²) >= 11 is 0. The second-order valence-electron chi connectivity index (χ2n) is 6.66. The van der Waals surface area contributed by atoms with Gasteiger partial charge in [0.25, 0.3) is 0 Å². The number of methoxy groups -OCH3 is 1. The third-order valence-electron chi connectivity index (χ3n) is 5.20. The summed E-state index contributed by atoms with van der Waals surface area (Å²) in [6.45, 7) is 9.39. The molecule has 0 aliphatic carbocycles.